The van der Waals surface area contributed by atoms with Crippen LogP contribution in [0, 0.1) is 6.92 Å². The zero-order valence-corrected chi connectivity index (χ0v) is 18.9. The molecule has 4 rings (SSSR count). The molecule has 0 atom stereocenters. The third-order valence-electron chi connectivity index (χ3n) is 5.50. The van der Waals surface area contributed by atoms with Crippen LogP contribution in [0.4, 0.5) is 0 Å². The maximum absolute atomic E-state index is 12.6. The van der Waals surface area contributed by atoms with Crippen LogP contribution >= 0.6 is 23.2 Å². The van der Waals surface area contributed by atoms with Gasteiger partial charge in [0.05, 0.1) is 16.6 Å². The van der Waals surface area contributed by atoms with Gasteiger partial charge in [-0.25, -0.2) is 0 Å². The zero-order valence-electron chi connectivity index (χ0n) is 17.4. The number of amides is 1. The molecule has 0 N–H and O–H groups in total. The summed E-state index contributed by atoms with van der Waals surface area (Å²) in [4.78, 5) is 21.3. The molecule has 31 heavy (non-hydrogen) atoms. The summed E-state index contributed by atoms with van der Waals surface area (Å²) >= 11 is 12.3. The Kier molecular flexibility index (Phi) is 6.90. The maximum Gasteiger partial charge on any atom is 0.241 e. The van der Waals surface area contributed by atoms with Gasteiger partial charge in [-0.3, -0.25) is 9.69 Å². The Morgan fingerprint density at radius 2 is 1.81 bits per heavy atom. The minimum atomic E-state index is 0.134. The van der Waals surface area contributed by atoms with Gasteiger partial charge in [-0.15, -0.1) is 0 Å². The number of piperazine rings is 1. The summed E-state index contributed by atoms with van der Waals surface area (Å²) in [5.41, 5.74) is 3.04. The second-order valence-electron chi connectivity index (χ2n) is 7.75. The van der Waals surface area contributed by atoms with Crippen molar-refractivity contribution >= 4 is 29.1 Å². The van der Waals surface area contributed by atoms with E-state index >= 15 is 0 Å². The minimum absolute atomic E-state index is 0.134. The van der Waals surface area contributed by atoms with Crippen molar-refractivity contribution in [1.82, 2.24) is 19.9 Å². The number of rotatable bonds is 6. The molecule has 1 aliphatic rings. The average molecular weight is 459 g/mol. The van der Waals surface area contributed by atoms with Gasteiger partial charge in [0.1, 0.15) is 0 Å². The topological polar surface area (TPSA) is 62.5 Å². The van der Waals surface area contributed by atoms with Gasteiger partial charge in [0.2, 0.25) is 17.6 Å². The van der Waals surface area contributed by atoms with Crippen molar-refractivity contribution in [3.8, 4) is 11.4 Å². The van der Waals surface area contributed by atoms with E-state index in [0.717, 1.165) is 24.2 Å². The SMILES string of the molecule is Cc1ccc(-c2noc(CN3CCN(C(=O)CCc4cccc(Cl)c4Cl)CC3)n2)cc1. The number of halogens is 2. The van der Waals surface area contributed by atoms with Crippen LogP contribution in [0.1, 0.15) is 23.4 Å². The van der Waals surface area contributed by atoms with Gasteiger partial charge in [0.15, 0.2) is 0 Å². The normalized spacial score (nSPS) is 14.7. The minimum Gasteiger partial charge on any atom is -0.340 e. The van der Waals surface area contributed by atoms with Crippen LogP contribution in [0.15, 0.2) is 47.0 Å². The second-order valence-corrected chi connectivity index (χ2v) is 8.53. The average Bonchev–Trinajstić information content (AvgIpc) is 3.24. The molecule has 1 fully saturated rings. The van der Waals surface area contributed by atoms with Crippen molar-refractivity contribution in [1.29, 1.82) is 0 Å². The molecule has 6 nitrogen and oxygen atoms in total. The first kappa shape index (κ1) is 21.8. The summed E-state index contributed by atoms with van der Waals surface area (Å²) in [6, 6.07) is 13.6. The Labute approximate surface area is 191 Å². The predicted molar refractivity (Wildman–Crippen MR) is 121 cm³/mol. The van der Waals surface area contributed by atoms with E-state index in [9.17, 15) is 4.79 Å². The van der Waals surface area contributed by atoms with Crippen LogP contribution in [0.25, 0.3) is 11.4 Å². The lowest BCUT2D eigenvalue weighted by molar-refractivity contribution is -0.133. The Morgan fingerprint density at radius 1 is 1.06 bits per heavy atom. The lowest BCUT2D eigenvalue weighted by Crippen LogP contribution is -2.48. The summed E-state index contributed by atoms with van der Waals surface area (Å²) in [7, 11) is 0. The Hall–Kier alpha value is -2.41. The molecule has 162 valence electrons. The lowest BCUT2D eigenvalue weighted by atomic mass is 10.1. The zero-order chi connectivity index (χ0) is 21.8. The Morgan fingerprint density at radius 3 is 2.55 bits per heavy atom. The smallest absolute Gasteiger partial charge is 0.241 e. The van der Waals surface area contributed by atoms with Gasteiger partial charge in [0, 0.05) is 38.2 Å². The van der Waals surface area contributed by atoms with Crippen molar-refractivity contribution in [2.24, 2.45) is 0 Å². The van der Waals surface area contributed by atoms with E-state index < -0.39 is 0 Å². The molecule has 3 aromatic rings. The first-order valence-corrected chi connectivity index (χ1v) is 11.1. The molecule has 1 aliphatic heterocycles. The molecule has 0 spiro atoms. The number of hydrogen-bond donors (Lipinski definition) is 0. The molecular weight excluding hydrogens is 435 g/mol. The largest absolute Gasteiger partial charge is 0.340 e. The molecule has 2 heterocycles. The molecule has 1 saturated heterocycles. The number of carbonyl (C=O) groups is 1. The number of nitrogens with zero attached hydrogens (tertiary/aromatic N) is 4. The second kappa shape index (κ2) is 9.81. The number of aromatic nitrogens is 2. The summed E-state index contributed by atoms with van der Waals surface area (Å²) in [5.74, 6) is 1.32. The van der Waals surface area contributed by atoms with Crippen molar-refractivity contribution in [3.05, 3.63) is 69.5 Å². The van der Waals surface area contributed by atoms with Crippen molar-refractivity contribution in [2.45, 2.75) is 26.3 Å². The maximum atomic E-state index is 12.6. The summed E-state index contributed by atoms with van der Waals surface area (Å²) in [6.07, 6.45) is 1.01. The predicted octanol–water partition coefficient (Wildman–Crippen LogP) is 4.63. The van der Waals surface area contributed by atoms with Crippen molar-refractivity contribution in [2.75, 3.05) is 26.2 Å². The van der Waals surface area contributed by atoms with Gasteiger partial charge < -0.3 is 9.42 Å². The highest BCUT2D eigenvalue weighted by Crippen LogP contribution is 2.26. The van der Waals surface area contributed by atoms with E-state index in [2.05, 4.69) is 15.0 Å². The van der Waals surface area contributed by atoms with Crippen LogP contribution in [0.3, 0.4) is 0 Å². The van der Waals surface area contributed by atoms with Gasteiger partial charge in [0.25, 0.3) is 0 Å². The summed E-state index contributed by atoms with van der Waals surface area (Å²) in [5, 5.41) is 5.15. The van der Waals surface area contributed by atoms with Crippen molar-refractivity contribution < 1.29 is 9.32 Å². The van der Waals surface area contributed by atoms with E-state index in [1.807, 2.05) is 48.2 Å². The fourth-order valence-corrected chi connectivity index (χ4v) is 4.04. The monoisotopic (exact) mass is 458 g/mol. The molecule has 0 unspecified atom stereocenters. The van der Waals surface area contributed by atoms with Gasteiger partial charge in [-0.2, -0.15) is 4.98 Å². The first-order valence-electron chi connectivity index (χ1n) is 10.3. The van der Waals surface area contributed by atoms with Gasteiger partial charge in [-0.1, -0.05) is 70.3 Å². The Balaban J connectivity index is 1.25. The highest BCUT2D eigenvalue weighted by molar-refractivity contribution is 6.42. The molecule has 8 heteroatoms. The van der Waals surface area contributed by atoms with E-state index in [4.69, 9.17) is 27.7 Å². The third-order valence-corrected chi connectivity index (χ3v) is 6.36. The highest BCUT2D eigenvalue weighted by atomic mass is 35.5. The van der Waals surface area contributed by atoms with Crippen LogP contribution in [0.5, 0.6) is 0 Å². The quantitative estimate of drug-likeness (QED) is 0.538. The number of carbonyl (C=O) groups excluding carboxylic acids is 1. The summed E-state index contributed by atoms with van der Waals surface area (Å²) < 4.78 is 5.43. The Bertz CT molecular complexity index is 1040. The van der Waals surface area contributed by atoms with Crippen LogP contribution in [-0.4, -0.2) is 52.0 Å². The van der Waals surface area contributed by atoms with Crippen LogP contribution < -0.4 is 0 Å². The molecule has 2 aromatic carbocycles. The fourth-order valence-electron chi connectivity index (χ4n) is 3.63. The highest BCUT2D eigenvalue weighted by Gasteiger charge is 2.23. The number of benzene rings is 2. The molecular formula is C23H24Cl2N4O2. The van der Waals surface area contributed by atoms with E-state index in [-0.39, 0.29) is 5.91 Å². The molecule has 0 radical (unpaired) electrons. The number of aryl methyl sites for hydroxylation is 2. The lowest BCUT2D eigenvalue weighted by Gasteiger charge is -2.34. The van der Waals surface area contributed by atoms with Crippen molar-refractivity contribution in [3.63, 3.8) is 0 Å². The van der Waals surface area contributed by atoms with E-state index in [1.165, 1.54) is 5.56 Å². The summed E-state index contributed by atoms with van der Waals surface area (Å²) in [6.45, 7) is 5.53. The van der Waals surface area contributed by atoms with E-state index in [1.54, 1.807) is 6.07 Å². The van der Waals surface area contributed by atoms with Crippen LogP contribution in [-0.2, 0) is 17.8 Å². The molecule has 0 saturated carbocycles. The van der Waals surface area contributed by atoms with Gasteiger partial charge >= 0.3 is 0 Å². The molecule has 0 bridgehead atoms. The third kappa shape index (κ3) is 5.45. The van der Waals surface area contributed by atoms with Gasteiger partial charge in [-0.05, 0) is 25.0 Å². The molecule has 1 amide bonds. The van der Waals surface area contributed by atoms with E-state index in [0.29, 0.717) is 54.2 Å². The molecule has 0 aliphatic carbocycles. The fraction of sp³-hybridized carbons (Fsp3) is 0.348. The molecule has 1 aromatic heterocycles. The van der Waals surface area contributed by atoms with Crippen LogP contribution in [0.2, 0.25) is 10.0 Å². The number of hydrogen-bond acceptors (Lipinski definition) is 5. The standard InChI is InChI=1S/C23H24Cl2N4O2/c1-16-5-7-18(8-6-16)23-26-20(31-27-23)15-28-11-13-29(14-12-28)21(30)10-9-17-3-2-4-19(24)22(17)25/h2-8H,9-15H2,1H3. The first-order chi connectivity index (χ1) is 15.0.